The normalized spacial score (nSPS) is 12.2. The molecular formula is C17H29N3O3S2. The summed E-state index contributed by atoms with van der Waals surface area (Å²) in [5, 5.41) is 0.639. The topological polar surface area (TPSA) is 70.6 Å². The van der Waals surface area contributed by atoms with Gasteiger partial charge in [0.25, 0.3) is 0 Å². The number of pyridine rings is 1. The van der Waals surface area contributed by atoms with Gasteiger partial charge in [-0.1, -0.05) is 39.5 Å². The highest BCUT2D eigenvalue weighted by Gasteiger charge is 2.19. The lowest BCUT2D eigenvalue weighted by Crippen LogP contribution is -2.38. The number of amides is 1. The van der Waals surface area contributed by atoms with Crippen LogP contribution in [-0.4, -0.2) is 61.5 Å². The van der Waals surface area contributed by atoms with Crippen molar-refractivity contribution < 1.29 is 13.2 Å². The van der Waals surface area contributed by atoms with E-state index in [0.717, 1.165) is 17.4 Å². The summed E-state index contributed by atoms with van der Waals surface area (Å²) < 4.78 is 25.2. The van der Waals surface area contributed by atoms with Gasteiger partial charge in [-0.2, -0.15) is 0 Å². The number of rotatable bonds is 9. The van der Waals surface area contributed by atoms with Crippen LogP contribution in [0, 0.1) is 11.8 Å². The van der Waals surface area contributed by atoms with Gasteiger partial charge in [-0.3, -0.25) is 4.79 Å². The largest absolute Gasteiger partial charge is 0.341 e. The van der Waals surface area contributed by atoms with Gasteiger partial charge in [0.05, 0.1) is 10.8 Å². The summed E-state index contributed by atoms with van der Waals surface area (Å²) in [5.74, 6) is 1.22. The van der Waals surface area contributed by atoms with E-state index in [2.05, 4.69) is 32.7 Å². The first-order valence-electron chi connectivity index (χ1n) is 8.33. The lowest BCUT2D eigenvalue weighted by molar-refractivity contribution is -0.129. The first-order valence-corrected chi connectivity index (χ1v) is 10.8. The van der Waals surface area contributed by atoms with Crippen LogP contribution in [0.4, 0.5) is 0 Å². The SMILES string of the molecule is CC(C)CN(CC(C)C)C(=O)CSc1ccc(S(=O)(=O)N(C)C)cn1. The van der Waals surface area contributed by atoms with Crippen molar-refractivity contribution in [3.05, 3.63) is 18.3 Å². The van der Waals surface area contributed by atoms with E-state index < -0.39 is 10.0 Å². The maximum atomic E-state index is 12.5. The van der Waals surface area contributed by atoms with Gasteiger partial charge in [-0.25, -0.2) is 17.7 Å². The van der Waals surface area contributed by atoms with Gasteiger partial charge in [0.15, 0.2) is 0 Å². The predicted octanol–water partition coefficient (Wildman–Crippen LogP) is 2.56. The van der Waals surface area contributed by atoms with Crippen molar-refractivity contribution in [3.8, 4) is 0 Å². The molecule has 0 saturated carbocycles. The Kier molecular flexibility index (Phi) is 8.37. The number of aromatic nitrogens is 1. The standard InChI is InChI=1S/C17H29N3O3S2/c1-13(2)10-20(11-14(3)4)17(21)12-24-16-8-7-15(9-18-16)25(22,23)19(5)6/h7-9,13-14H,10-12H2,1-6H3. The molecule has 1 rings (SSSR count). The van der Waals surface area contributed by atoms with Crippen LogP contribution < -0.4 is 0 Å². The molecule has 0 aromatic carbocycles. The quantitative estimate of drug-likeness (QED) is 0.609. The van der Waals surface area contributed by atoms with Gasteiger partial charge in [0, 0.05) is 33.4 Å². The molecule has 0 atom stereocenters. The Bertz CT molecular complexity index is 646. The van der Waals surface area contributed by atoms with Crippen molar-refractivity contribution in [1.82, 2.24) is 14.2 Å². The first kappa shape index (κ1) is 21.9. The van der Waals surface area contributed by atoms with Gasteiger partial charge >= 0.3 is 0 Å². The third kappa shape index (κ3) is 6.95. The number of carbonyl (C=O) groups excluding carboxylic acids is 1. The van der Waals surface area contributed by atoms with Crippen LogP contribution in [0.15, 0.2) is 28.3 Å². The second kappa shape index (κ2) is 9.54. The summed E-state index contributed by atoms with van der Waals surface area (Å²) >= 11 is 1.33. The minimum absolute atomic E-state index is 0.0826. The smallest absolute Gasteiger partial charge is 0.244 e. The van der Waals surface area contributed by atoms with Crippen molar-refractivity contribution in [2.45, 2.75) is 37.6 Å². The molecule has 8 heteroatoms. The summed E-state index contributed by atoms with van der Waals surface area (Å²) in [6.45, 7) is 9.87. The van der Waals surface area contributed by atoms with Gasteiger partial charge in [0.2, 0.25) is 15.9 Å². The number of hydrogen-bond acceptors (Lipinski definition) is 5. The molecule has 0 aliphatic rings. The lowest BCUT2D eigenvalue weighted by atomic mass is 10.1. The minimum Gasteiger partial charge on any atom is -0.341 e. The third-order valence-corrected chi connectivity index (χ3v) is 6.08. The fourth-order valence-electron chi connectivity index (χ4n) is 2.20. The molecule has 0 radical (unpaired) electrons. The van der Waals surface area contributed by atoms with Crippen LogP contribution in [0.1, 0.15) is 27.7 Å². The highest BCUT2D eigenvalue weighted by atomic mass is 32.2. The number of thioether (sulfide) groups is 1. The van der Waals surface area contributed by atoms with Crippen LogP contribution in [0.3, 0.4) is 0 Å². The van der Waals surface area contributed by atoms with E-state index in [1.807, 2.05) is 4.90 Å². The Labute approximate surface area is 156 Å². The average Bonchev–Trinajstić information content (AvgIpc) is 2.51. The zero-order chi connectivity index (χ0) is 19.2. The molecule has 0 aliphatic carbocycles. The van der Waals surface area contributed by atoms with Crippen LogP contribution in [0.5, 0.6) is 0 Å². The number of carbonyl (C=O) groups is 1. The molecule has 1 aromatic heterocycles. The molecular weight excluding hydrogens is 358 g/mol. The second-order valence-corrected chi connectivity index (χ2v) is 10.1. The molecule has 0 fully saturated rings. The summed E-state index contributed by atoms with van der Waals surface area (Å²) in [6.07, 6.45) is 1.34. The van der Waals surface area contributed by atoms with Crippen LogP contribution in [-0.2, 0) is 14.8 Å². The van der Waals surface area contributed by atoms with Crippen molar-refractivity contribution in [2.24, 2.45) is 11.8 Å². The summed E-state index contributed by atoms with van der Waals surface area (Å²) in [6, 6.07) is 3.17. The lowest BCUT2D eigenvalue weighted by Gasteiger charge is -2.26. The molecule has 0 N–H and O–H groups in total. The van der Waals surface area contributed by atoms with E-state index in [0.29, 0.717) is 22.6 Å². The monoisotopic (exact) mass is 387 g/mol. The molecule has 0 spiro atoms. The van der Waals surface area contributed by atoms with Crippen molar-refractivity contribution in [2.75, 3.05) is 32.9 Å². The molecule has 25 heavy (non-hydrogen) atoms. The second-order valence-electron chi connectivity index (χ2n) is 6.99. The maximum Gasteiger partial charge on any atom is 0.244 e. The van der Waals surface area contributed by atoms with Gasteiger partial charge in [0.1, 0.15) is 4.90 Å². The first-order chi connectivity index (χ1) is 11.5. The van der Waals surface area contributed by atoms with Gasteiger partial charge < -0.3 is 4.90 Å². The predicted molar refractivity (Wildman–Crippen MR) is 102 cm³/mol. The Morgan fingerprint density at radius 2 is 1.68 bits per heavy atom. The highest BCUT2D eigenvalue weighted by Crippen LogP contribution is 2.19. The fraction of sp³-hybridized carbons (Fsp3) is 0.647. The van der Waals surface area contributed by atoms with E-state index in [-0.39, 0.29) is 10.8 Å². The average molecular weight is 388 g/mol. The van der Waals surface area contributed by atoms with E-state index in [9.17, 15) is 13.2 Å². The van der Waals surface area contributed by atoms with E-state index in [1.165, 1.54) is 38.1 Å². The fourth-order valence-corrected chi connectivity index (χ4v) is 3.80. The number of nitrogens with zero attached hydrogens (tertiary/aromatic N) is 3. The summed E-state index contributed by atoms with van der Waals surface area (Å²) in [4.78, 5) is 18.7. The zero-order valence-corrected chi connectivity index (χ0v) is 17.5. The van der Waals surface area contributed by atoms with Gasteiger partial charge in [-0.15, -0.1) is 0 Å². The molecule has 0 bridgehead atoms. The van der Waals surface area contributed by atoms with Gasteiger partial charge in [-0.05, 0) is 24.0 Å². The summed E-state index contributed by atoms with van der Waals surface area (Å²) in [5.41, 5.74) is 0. The van der Waals surface area contributed by atoms with E-state index in [4.69, 9.17) is 0 Å². The minimum atomic E-state index is -3.48. The van der Waals surface area contributed by atoms with Crippen LogP contribution in [0.2, 0.25) is 0 Å². The molecule has 0 saturated heterocycles. The zero-order valence-electron chi connectivity index (χ0n) is 15.9. The maximum absolute atomic E-state index is 12.5. The van der Waals surface area contributed by atoms with Crippen molar-refractivity contribution in [3.63, 3.8) is 0 Å². The Morgan fingerprint density at radius 3 is 2.08 bits per heavy atom. The molecule has 1 aromatic rings. The van der Waals surface area contributed by atoms with Crippen molar-refractivity contribution >= 4 is 27.7 Å². The molecule has 1 amide bonds. The Balaban J connectivity index is 2.71. The van der Waals surface area contributed by atoms with E-state index in [1.54, 1.807) is 6.07 Å². The number of sulfonamides is 1. The molecule has 0 unspecified atom stereocenters. The highest BCUT2D eigenvalue weighted by molar-refractivity contribution is 7.99. The van der Waals surface area contributed by atoms with Crippen LogP contribution >= 0.6 is 11.8 Å². The molecule has 0 aliphatic heterocycles. The molecule has 142 valence electrons. The number of hydrogen-bond donors (Lipinski definition) is 0. The van der Waals surface area contributed by atoms with Crippen molar-refractivity contribution in [1.29, 1.82) is 0 Å². The molecule has 1 heterocycles. The Morgan fingerprint density at radius 1 is 1.12 bits per heavy atom. The van der Waals surface area contributed by atoms with Crippen LogP contribution in [0.25, 0.3) is 0 Å². The summed E-state index contributed by atoms with van der Waals surface area (Å²) in [7, 11) is -0.517. The Hall–Kier alpha value is -1.12. The molecule has 6 nitrogen and oxygen atoms in total. The third-order valence-electron chi connectivity index (χ3n) is 3.36. The van der Waals surface area contributed by atoms with E-state index >= 15 is 0 Å².